The Hall–Kier alpha value is -1.07. The van der Waals surface area contributed by atoms with Crippen molar-refractivity contribution in [3.05, 3.63) is 35.4 Å². The van der Waals surface area contributed by atoms with Gasteiger partial charge in [-0.1, -0.05) is 32.9 Å². The molecule has 0 heterocycles. The van der Waals surface area contributed by atoms with E-state index in [0.717, 1.165) is 18.6 Å². The number of halogens is 3. The highest BCUT2D eigenvalue weighted by Crippen LogP contribution is 2.30. The van der Waals surface area contributed by atoms with Gasteiger partial charge in [-0.25, -0.2) is 0 Å². The van der Waals surface area contributed by atoms with Crippen molar-refractivity contribution >= 4 is 0 Å². The molecule has 0 aliphatic heterocycles. The zero-order valence-corrected chi connectivity index (χ0v) is 12.0. The lowest BCUT2D eigenvalue weighted by Gasteiger charge is -2.23. The Morgan fingerprint density at radius 3 is 2.40 bits per heavy atom. The van der Waals surface area contributed by atoms with Gasteiger partial charge in [0.05, 0.1) is 11.7 Å². The summed E-state index contributed by atoms with van der Waals surface area (Å²) in [6.45, 7) is 6.42. The first-order valence-corrected chi connectivity index (χ1v) is 6.84. The lowest BCUT2D eigenvalue weighted by atomic mass is 10.0. The molecule has 20 heavy (non-hydrogen) atoms. The summed E-state index contributed by atoms with van der Waals surface area (Å²) < 4.78 is 37.8. The van der Waals surface area contributed by atoms with Gasteiger partial charge >= 0.3 is 6.18 Å². The number of nitrogens with one attached hydrogen (secondary N) is 1. The smallest absolute Gasteiger partial charge is 0.387 e. The molecule has 1 aromatic carbocycles. The van der Waals surface area contributed by atoms with Crippen LogP contribution in [-0.4, -0.2) is 17.7 Å². The summed E-state index contributed by atoms with van der Waals surface area (Å²) in [4.78, 5) is 0. The third kappa shape index (κ3) is 4.80. The van der Waals surface area contributed by atoms with Crippen molar-refractivity contribution in [2.24, 2.45) is 5.92 Å². The quantitative estimate of drug-likeness (QED) is 0.835. The van der Waals surface area contributed by atoms with Gasteiger partial charge in [-0.05, 0) is 30.0 Å². The second-order valence-corrected chi connectivity index (χ2v) is 5.31. The van der Waals surface area contributed by atoms with Crippen LogP contribution < -0.4 is 5.32 Å². The molecule has 0 saturated heterocycles. The maximum Gasteiger partial charge on any atom is 0.416 e. The molecule has 0 spiro atoms. The molecule has 0 radical (unpaired) electrons. The van der Waals surface area contributed by atoms with Gasteiger partial charge in [-0.2, -0.15) is 13.2 Å². The van der Waals surface area contributed by atoms with Crippen molar-refractivity contribution in [1.82, 2.24) is 5.32 Å². The summed E-state index contributed by atoms with van der Waals surface area (Å²) >= 11 is 0. The Morgan fingerprint density at radius 1 is 1.25 bits per heavy atom. The minimum atomic E-state index is -4.38. The van der Waals surface area contributed by atoms with E-state index in [9.17, 15) is 18.3 Å². The van der Waals surface area contributed by atoms with Crippen molar-refractivity contribution in [2.75, 3.05) is 6.54 Å². The predicted octanol–water partition coefficient (Wildman–Crippen LogP) is 3.76. The van der Waals surface area contributed by atoms with E-state index >= 15 is 0 Å². The molecule has 114 valence electrons. The van der Waals surface area contributed by atoms with Gasteiger partial charge in [0.25, 0.3) is 0 Å². The lowest BCUT2D eigenvalue weighted by Crippen LogP contribution is -2.36. The molecular weight excluding hydrogens is 267 g/mol. The highest BCUT2D eigenvalue weighted by molar-refractivity contribution is 5.27. The fraction of sp³-hybridized carbons (Fsp3) is 0.600. The lowest BCUT2D eigenvalue weighted by molar-refractivity contribution is -0.137. The van der Waals surface area contributed by atoms with Crippen LogP contribution in [-0.2, 0) is 6.18 Å². The highest BCUT2D eigenvalue weighted by atomic mass is 19.4. The molecule has 5 heteroatoms. The maximum atomic E-state index is 12.6. The minimum absolute atomic E-state index is 0.246. The molecule has 0 fully saturated rings. The number of aliphatic hydroxyl groups excluding tert-OH is 1. The van der Waals surface area contributed by atoms with E-state index in [1.807, 2.05) is 6.92 Å². The molecule has 0 saturated carbocycles. The molecule has 0 amide bonds. The monoisotopic (exact) mass is 289 g/mol. The zero-order chi connectivity index (χ0) is 15.3. The number of alkyl halides is 3. The Labute approximate surface area is 118 Å². The number of rotatable bonds is 6. The summed E-state index contributed by atoms with van der Waals surface area (Å²) in [6, 6.07) is 5.09. The third-order valence-electron chi connectivity index (χ3n) is 3.42. The Bertz CT molecular complexity index is 418. The Kier molecular flexibility index (Phi) is 6.02. The normalized spacial score (nSPS) is 15.4. The van der Waals surface area contributed by atoms with E-state index in [-0.39, 0.29) is 18.2 Å². The first kappa shape index (κ1) is 17.0. The summed E-state index contributed by atoms with van der Waals surface area (Å²) in [5.74, 6) is 0.411. The number of aliphatic hydroxyl groups is 1. The molecule has 2 unspecified atom stereocenters. The molecule has 2 atom stereocenters. The summed E-state index contributed by atoms with van der Waals surface area (Å²) in [5.41, 5.74) is -0.448. The topological polar surface area (TPSA) is 32.3 Å². The van der Waals surface area contributed by atoms with Crippen LogP contribution in [0.15, 0.2) is 24.3 Å². The molecular formula is C15H22F3NO. The van der Waals surface area contributed by atoms with E-state index in [2.05, 4.69) is 19.2 Å². The summed E-state index contributed by atoms with van der Waals surface area (Å²) in [7, 11) is 0. The van der Waals surface area contributed by atoms with Gasteiger partial charge < -0.3 is 10.4 Å². The molecule has 0 aliphatic carbocycles. The van der Waals surface area contributed by atoms with Crippen LogP contribution in [0.2, 0.25) is 0 Å². The number of benzene rings is 1. The van der Waals surface area contributed by atoms with Gasteiger partial charge in [0.1, 0.15) is 0 Å². The van der Waals surface area contributed by atoms with Crippen molar-refractivity contribution < 1.29 is 18.3 Å². The van der Waals surface area contributed by atoms with Crippen LogP contribution in [0.5, 0.6) is 0 Å². The summed E-state index contributed by atoms with van der Waals surface area (Å²) in [5, 5.41) is 13.2. The van der Waals surface area contributed by atoms with Crippen molar-refractivity contribution in [1.29, 1.82) is 0 Å². The zero-order valence-electron chi connectivity index (χ0n) is 12.0. The average Bonchev–Trinajstić information content (AvgIpc) is 2.38. The summed E-state index contributed by atoms with van der Waals surface area (Å²) in [6.07, 6.45) is -4.41. The molecule has 2 nitrogen and oxygen atoms in total. The highest BCUT2D eigenvalue weighted by Gasteiger charge is 2.30. The average molecular weight is 289 g/mol. The van der Waals surface area contributed by atoms with E-state index in [0.29, 0.717) is 5.92 Å². The maximum absolute atomic E-state index is 12.6. The second-order valence-electron chi connectivity index (χ2n) is 5.31. The fourth-order valence-electron chi connectivity index (χ4n) is 2.15. The Morgan fingerprint density at radius 2 is 1.90 bits per heavy atom. The van der Waals surface area contributed by atoms with Crippen molar-refractivity contribution in [2.45, 2.75) is 45.5 Å². The van der Waals surface area contributed by atoms with Crippen LogP contribution in [0.3, 0.4) is 0 Å². The third-order valence-corrected chi connectivity index (χ3v) is 3.42. The predicted molar refractivity (Wildman–Crippen MR) is 73.3 cm³/mol. The Balaban J connectivity index is 2.70. The first-order chi connectivity index (χ1) is 9.25. The largest absolute Gasteiger partial charge is 0.416 e. The van der Waals surface area contributed by atoms with E-state index in [4.69, 9.17) is 0 Å². The molecule has 0 bridgehead atoms. The molecule has 0 aliphatic rings. The van der Waals surface area contributed by atoms with Crippen LogP contribution in [0.4, 0.5) is 13.2 Å². The van der Waals surface area contributed by atoms with Crippen molar-refractivity contribution in [3.8, 4) is 0 Å². The van der Waals surface area contributed by atoms with E-state index < -0.39 is 17.8 Å². The van der Waals surface area contributed by atoms with Gasteiger partial charge in [0.15, 0.2) is 0 Å². The van der Waals surface area contributed by atoms with Crippen LogP contribution in [0.1, 0.15) is 44.4 Å². The van der Waals surface area contributed by atoms with Gasteiger partial charge in [0.2, 0.25) is 0 Å². The van der Waals surface area contributed by atoms with Gasteiger partial charge in [-0.3, -0.25) is 0 Å². The van der Waals surface area contributed by atoms with E-state index in [1.165, 1.54) is 12.1 Å². The van der Waals surface area contributed by atoms with Gasteiger partial charge in [0, 0.05) is 12.6 Å². The molecule has 1 rings (SSSR count). The van der Waals surface area contributed by atoms with Crippen molar-refractivity contribution in [3.63, 3.8) is 0 Å². The minimum Gasteiger partial charge on any atom is -0.387 e. The number of hydrogen-bond acceptors (Lipinski definition) is 2. The molecule has 1 aromatic rings. The number of hydrogen-bond donors (Lipinski definition) is 2. The van der Waals surface area contributed by atoms with Crippen LogP contribution >= 0.6 is 0 Å². The van der Waals surface area contributed by atoms with Crippen LogP contribution in [0, 0.1) is 5.92 Å². The first-order valence-electron chi connectivity index (χ1n) is 6.84. The van der Waals surface area contributed by atoms with E-state index in [1.54, 1.807) is 0 Å². The SMILES string of the molecule is CCC(NCC(O)c1cccc(C(F)(F)F)c1)C(C)C. The fourth-order valence-corrected chi connectivity index (χ4v) is 2.15. The van der Waals surface area contributed by atoms with Crippen LogP contribution in [0.25, 0.3) is 0 Å². The second kappa shape index (κ2) is 7.09. The van der Waals surface area contributed by atoms with Gasteiger partial charge in [-0.15, -0.1) is 0 Å². The standard InChI is InChI=1S/C15H22F3NO/c1-4-13(10(2)3)19-9-14(20)11-6-5-7-12(8-11)15(16,17)18/h5-8,10,13-14,19-20H,4,9H2,1-3H3. The molecule has 2 N–H and O–H groups in total. The molecule has 0 aromatic heterocycles.